The molecular weight excluding hydrogens is 254 g/mol. The highest BCUT2D eigenvalue weighted by Crippen LogP contribution is 2.17. The summed E-state index contributed by atoms with van der Waals surface area (Å²) in [4.78, 5) is 8.76. The summed E-state index contributed by atoms with van der Waals surface area (Å²) in [7, 11) is 0. The van der Waals surface area contributed by atoms with E-state index in [1.54, 1.807) is 0 Å². The Kier molecular flexibility index (Phi) is 3.28. The fourth-order valence-corrected chi connectivity index (χ4v) is 1.80. The second-order valence-corrected chi connectivity index (χ2v) is 4.30. The van der Waals surface area contributed by atoms with Crippen LogP contribution in [0, 0.1) is 0 Å². The molecule has 0 spiro atoms. The van der Waals surface area contributed by atoms with Gasteiger partial charge in [-0.2, -0.15) is 0 Å². The largest absolute Gasteiger partial charge is 0.330 e. The Morgan fingerprint density at radius 3 is 3.00 bits per heavy atom. The molecule has 0 unspecified atom stereocenters. The number of hydrogen-bond acceptors (Lipinski definition) is 3. The molecule has 0 saturated carbocycles. The molecule has 0 atom stereocenters. The molecule has 4 heteroatoms. The van der Waals surface area contributed by atoms with E-state index in [-0.39, 0.29) is 0 Å². The van der Waals surface area contributed by atoms with E-state index in [2.05, 4.69) is 25.9 Å². The molecule has 1 aromatic heterocycles. The van der Waals surface area contributed by atoms with Crippen LogP contribution in [0.25, 0.3) is 10.9 Å². The zero-order chi connectivity index (χ0) is 10.7. The lowest BCUT2D eigenvalue weighted by atomic mass is 10.2. The third-order valence-corrected chi connectivity index (χ3v) is 2.69. The molecule has 0 radical (unpaired) electrons. The summed E-state index contributed by atoms with van der Waals surface area (Å²) < 4.78 is 1.05. The Balaban J connectivity index is 2.34. The number of hydrogen-bond donors (Lipinski definition) is 1. The maximum atomic E-state index is 5.45. The van der Waals surface area contributed by atoms with Gasteiger partial charge >= 0.3 is 0 Å². The number of benzene rings is 1. The van der Waals surface area contributed by atoms with Crippen LogP contribution in [-0.2, 0) is 6.42 Å². The summed E-state index contributed by atoms with van der Waals surface area (Å²) in [5.41, 5.74) is 6.43. The average molecular weight is 266 g/mol. The molecule has 1 aromatic carbocycles. The van der Waals surface area contributed by atoms with Gasteiger partial charge in [0.1, 0.15) is 5.82 Å². The van der Waals surface area contributed by atoms with Gasteiger partial charge in [-0.15, -0.1) is 0 Å². The van der Waals surface area contributed by atoms with Gasteiger partial charge in [-0.05, 0) is 31.2 Å². The minimum atomic E-state index is 0.682. The normalized spacial score (nSPS) is 10.8. The molecule has 2 aromatic rings. The molecule has 2 rings (SSSR count). The number of rotatable bonds is 3. The molecule has 1 heterocycles. The summed E-state index contributed by atoms with van der Waals surface area (Å²) in [6.07, 6.45) is 3.64. The number of halogens is 1. The molecule has 0 saturated heterocycles. The van der Waals surface area contributed by atoms with E-state index in [1.807, 2.05) is 24.4 Å². The zero-order valence-electron chi connectivity index (χ0n) is 8.28. The Hall–Kier alpha value is -1.00. The number of nitrogens with two attached hydrogens (primary N) is 1. The van der Waals surface area contributed by atoms with Crippen LogP contribution in [0.5, 0.6) is 0 Å². The third kappa shape index (κ3) is 2.52. The number of aromatic nitrogens is 2. The molecular formula is C11H12BrN3. The Bertz CT molecular complexity index is 470. The summed E-state index contributed by atoms with van der Waals surface area (Å²) in [5, 5.41) is 1.06. The number of fused-ring (bicyclic) bond motifs is 1. The highest BCUT2D eigenvalue weighted by atomic mass is 79.9. The predicted octanol–water partition coefficient (Wildman–Crippen LogP) is 2.28. The van der Waals surface area contributed by atoms with Crippen LogP contribution in [0.15, 0.2) is 28.9 Å². The van der Waals surface area contributed by atoms with Crippen LogP contribution in [-0.4, -0.2) is 16.5 Å². The van der Waals surface area contributed by atoms with Crippen molar-refractivity contribution in [2.45, 2.75) is 12.8 Å². The van der Waals surface area contributed by atoms with Gasteiger partial charge in [0.05, 0.1) is 5.52 Å². The van der Waals surface area contributed by atoms with Crippen LogP contribution >= 0.6 is 15.9 Å². The van der Waals surface area contributed by atoms with Crippen molar-refractivity contribution in [2.75, 3.05) is 6.54 Å². The molecule has 3 nitrogen and oxygen atoms in total. The highest BCUT2D eigenvalue weighted by molar-refractivity contribution is 9.10. The van der Waals surface area contributed by atoms with Gasteiger partial charge in [-0.1, -0.05) is 15.9 Å². The fraction of sp³-hybridized carbons (Fsp3) is 0.273. The Morgan fingerprint density at radius 2 is 2.20 bits per heavy atom. The minimum Gasteiger partial charge on any atom is -0.330 e. The molecule has 0 aliphatic rings. The van der Waals surface area contributed by atoms with Crippen molar-refractivity contribution in [1.29, 1.82) is 0 Å². The van der Waals surface area contributed by atoms with Crippen LogP contribution in [0.2, 0.25) is 0 Å². The predicted molar refractivity (Wildman–Crippen MR) is 64.6 cm³/mol. The quantitative estimate of drug-likeness (QED) is 0.927. The van der Waals surface area contributed by atoms with Crippen molar-refractivity contribution in [3.63, 3.8) is 0 Å². The van der Waals surface area contributed by atoms with E-state index in [0.717, 1.165) is 34.0 Å². The van der Waals surface area contributed by atoms with Crippen molar-refractivity contribution < 1.29 is 0 Å². The summed E-state index contributed by atoms with van der Waals surface area (Å²) in [5.74, 6) is 0.871. The van der Waals surface area contributed by atoms with E-state index in [0.29, 0.717) is 6.54 Å². The van der Waals surface area contributed by atoms with E-state index in [9.17, 15) is 0 Å². The van der Waals surface area contributed by atoms with Gasteiger partial charge in [0.25, 0.3) is 0 Å². The first kappa shape index (κ1) is 10.5. The summed E-state index contributed by atoms with van der Waals surface area (Å²) >= 11 is 3.42. The van der Waals surface area contributed by atoms with E-state index < -0.39 is 0 Å². The second-order valence-electron chi connectivity index (χ2n) is 3.38. The van der Waals surface area contributed by atoms with Crippen molar-refractivity contribution in [3.8, 4) is 0 Å². The van der Waals surface area contributed by atoms with Crippen LogP contribution in [0.3, 0.4) is 0 Å². The Labute approximate surface area is 96.9 Å². The maximum absolute atomic E-state index is 5.45. The van der Waals surface area contributed by atoms with E-state index in [4.69, 9.17) is 5.73 Å². The van der Waals surface area contributed by atoms with E-state index >= 15 is 0 Å². The molecule has 0 aliphatic heterocycles. The van der Waals surface area contributed by atoms with Gasteiger partial charge in [-0.3, -0.25) is 0 Å². The van der Waals surface area contributed by atoms with E-state index in [1.165, 1.54) is 0 Å². The molecule has 78 valence electrons. The van der Waals surface area contributed by atoms with Crippen molar-refractivity contribution >= 4 is 26.8 Å². The molecule has 0 aliphatic carbocycles. The van der Waals surface area contributed by atoms with Gasteiger partial charge in [0, 0.05) is 22.5 Å². The lowest BCUT2D eigenvalue weighted by Crippen LogP contribution is -2.03. The minimum absolute atomic E-state index is 0.682. The lowest BCUT2D eigenvalue weighted by molar-refractivity contribution is 0.786. The standard InChI is InChI=1S/C11H12BrN3/c12-9-3-4-10-8(6-9)7-14-11(15-10)2-1-5-13/h3-4,6-7H,1-2,5,13H2. The number of nitrogens with zero attached hydrogens (tertiary/aromatic N) is 2. The molecule has 2 N–H and O–H groups in total. The number of aryl methyl sites for hydroxylation is 1. The molecule has 0 amide bonds. The van der Waals surface area contributed by atoms with Crippen molar-refractivity contribution in [2.24, 2.45) is 5.73 Å². The first-order chi connectivity index (χ1) is 7.29. The second kappa shape index (κ2) is 4.68. The molecule has 15 heavy (non-hydrogen) atoms. The smallest absolute Gasteiger partial charge is 0.129 e. The first-order valence-corrected chi connectivity index (χ1v) is 5.70. The highest BCUT2D eigenvalue weighted by Gasteiger charge is 2.00. The zero-order valence-corrected chi connectivity index (χ0v) is 9.87. The SMILES string of the molecule is NCCCc1ncc2cc(Br)ccc2n1. The summed E-state index contributed by atoms with van der Waals surface area (Å²) in [6, 6.07) is 6.00. The van der Waals surface area contributed by atoms with Gasteiger partial charge < -0.3 is 5.73 Å². The third-order valence-electron chi connectivity index (χ3n) is 2.20. The topological polar surface area (TPSA) is 51.8 Å². The monoisotopic (exact) mass is 265 g/mol. The van der Waals surface area contributed by atoms with Crippen molar-refractivity contribution in [3.05, 3.63) is 34.7 Å². The van der Waals surface area contributed by atoms with Crippen LogP contribution in [0.1, 0.15) is 12.2 Å². The molecule has 0 bridgehead atoms. The first-order valence-electron chi connectivity index (χ1n) is 4.91. The van der Waals surface area contributed by atoms with Gasteiger partial charge in [-0.25, -0.2) is 9.97 Å². The average Bonchev–Trinajstić information content (AvgIpc) is 2.26. The summed E-state index contributed by atoms with van der Waals surface area (Å²) in [6.45, 7) is 0.682. The lowest BCUT2D eigenvalue weighted by Gasteiger charge is -2.01. The fourth-order valence-electron chi connectivity index (χ4n) is 1.42. The maximum Gasteiger partial charge on any atom is 0.129 e. The molecule has 0 fully saturated rings. The van der Waals surface area contributed by atoms with Crippen LogP contribution < -0.4 is 5.73 Å². The van der Waals surface area contributed by atoms with Gasteiger partial charge in [0.2, 0.25) is 0 Å². The van der Waals surface area contributed by atoms with Gasteiger partial charge in [0.15, 0.2) is 0 Å². The Morgan fingerprint density at radius 1 is 1.33 bits per heavy atom. The van der Waals surface area contributed by atoms with Crippen molar-refractivity contribution in [1.82, 2.24) is 9.97 Å². The van der Waals surface area contributed by atoms with Crippen LogP contribution in [0.4, 0.5) is 0 Å².